The largest absolute Gasteiger partial charge is 0.459 e. The quantitative estimate of drug-likeness (QED) is 0.724. The smallest absolute Gasteiger partial charge is 0.289 e. The van der Waals surface area contributed by atoms with Crippen LogP contribution in [0.25, 0.3) is 0 Å². The molecule has 0 radical (unpaired) electrons. The Morgan fingerprint density at radius 2 is 1.79 bits per heavy atom. The summed E-state index contributed by atoms with van der Waals surface area (Å²) < 4.78 is 6.79. The van der Waals surface area contributed by atoms with Crippen LogP contribution in [0.2, 0.25) is 0 Å². The van der Waals surface area contributed by atoms with Crippen LogP contribution in [0.5, 0.6) is 0 Å². The van der Waals surface area contributed by atoms with Crippen molar-refractivity contribution in [3.05, 3.63) is 30.0 Å². The van der Waals surface area contributed by atoms with Crippen molar-refractivity contribution in [2.45, 2.75) is 32.4 Å². The zero-order valence-electron chi connectivity index (χ0n) is 15.9. The summed E-state index contributed by atoms with van der Waals surface area (Å²) in [5.74, 6) is 0.898. The molecular weight excluding hydrogens is 362 g/mol. The molecule has 10 heteroatoms. The zero-order chi connectivity index (χ0) is 19.3. The molecule has 0 spiro atoms. The van der Waals surface area contributed by atoms with E-state index in [2.05, 4.69) is 20.4 Å². The fourth-order valence-corrected chi connectivity index (χ4v) is 3.75. The lowest BCUT2D eigenvalue weighted by molar-refractivity contribution is -0.132. The first-order chi connectivity index (χ1) is 13.7. The molecule has 10 nitrogen and oxygen atoms in total. The Balaban J connectivity index is 1.33. The van der Waals surface area contributed by atoms with Gasteiger partial charge in [-0.2, -0.15) is 0 Å². The summed E-state index contributed by atoms with van der Waals surface area (Å²) in [4.78, 5) is 31.1. The fourth-order valence-electron chi connectivity index (χ4n) is 3.75. The second-order valence-electron chi connectivity index (χ2n) is 7.24. The number of aromatic nitrogens is 4. The topological polar surface area (TPSA) is 101 Å². The standard InChI is InChI=1S/C18H25N7O3/c26-17(14-25-16(19-20-21-25)13-22-6-1-2-7-22)23-8-4-9-24(11-10-23)18(27)15-5-3-12-28-15/h3,5,12H,1-2,4,6-11,13-14H2. The van der Waals surface area contributed by atoms with Gasteiger partial charge >= 0.3 is 0 Å². The Morgan fingerprint density at radius 3 is 2.57 bits per heavy atom. The highest BCUT2D eigenvalue weighted by Crippen LogP contribution is 2.12. The molecule has 0 aromatic carbocycles. The van der Waals surface area contributed by atoms with E-state index in [0.29, 0.717) is 38.5 Å². The minimum Gasteiger partial charge on any atom is -0.459 e. The van der Waals surface area contributed by atoms with E-state index in [-0.39, 0.29) is 18.4 Å². The van der Waals surface area contributed by atoms with E-state index in [1.165, 1.54) is 19.1 Å². The van der Waals surface area contributed by atoms with E-state index in [1.807, 2.05) is 0 Å². The van der Waals surface area contributed by atoms with Crippen LogP contribution in [0.4, 0.5) is 0 Å². The molecule has 150 valence electrons. The molecule has 4 rings (SSSR count). The number of amides is 2. The number of nitrogens with zero attached hydrogens (tertiary/aromatic N) is 7. The molecular formula is C18H25N7O3. The molecule has 2 saturated heterocycles. The predicted molar refractivity (Wildman–Crippen MR) is 98.1 cm³/mol. The zero-order valence-corrected chi connectivity index (χ0v) is 15.9. The van der Waals surface area contributed by atoms with Gasteiger partial charge in [0.25, 0.3) is 5.91 Å². The molecule has 0 N–H and O–H groups in total. The first-order valence-corrected chi connectivity index (χ1v) is 9.78. The normalized spacial score (nSPS) is 18.4. The number of hydrogen-bond donors (Lipinski definition) is 0. The van der Waals surface area contributed by atoms with Crippen LogP contribution in [0.1, 0.15) is 35.6 Å². The average molecular weight is 387 g/mol. The van der Waals surface area contributed by atoms with Gasteiger partial charge < -0.3 is 14.2 Å². The van der Waals surface area contributed by atoms with Crippen LogP contribution in [0, 0.1) is 0 Å². The number of carbonyl (C=O) groups excluding carboxylic acids is 2. The molecule has 2 aromatic rings. The molecule has 4 heterocycles. The third-order valence-corrected chi connectivity index (χ3v) is 5.32. The maximum Gasteiger partial charge on any atom is 0.289 e. The lowest BCUT2D eigenvalue weighted by atomic mass is 10.3. The van der Waals surface area contributed by atoms with Gasteiger partial charge in [0, 0.05) is 26.2 Å². The van der Waals surface area contributed by atoms with Crippen LogP contribution in [0.15, 0.2) is 22.8 Å². The molecule has 2 fully saturated rings. The summed E-state index contributed by atoms with van der Waals surface area (Å²) in [7, 11) is 0. The third-order valence-electron chi connectivity index (χ3n) is 5.32. The molecule has 0 atom stereocenters. The van der Waals surface area contributed by atoms with Crippen LogP contribution in [0.3, 0.4) is 0 Å². The Kier molecular flexibility index (Phi) is 5.65. The van der Waals surface area contributed by atoms with Crippen molar-refractivity contribution in [3.63, 3.8) is 0 Å². The molecule has 0 aliphatic carbocycles. The second kappa shape index (κ2) is 8.51. The molecule has 0 bridgehead atoms. The second-order valence-corrected chi connectivity index (χ2v) is 7.24. The van der Waals surface area contributed by atoms with Crippen molar-refractivity contribution >= 4 is 11.8 Å². The summed E-state index contributed by atoms with van der Waals surface area (Å²) in [5, 5.41) is 11.8. The molecule has 2 aromatic heterocycles. The van der Waals surface area contributed by atoms with Gasteiger partial charge in [-0.15, -0.1) is 5.10 Å². The Labute approximate surface area is 163 Å². The summed E-state index contributed by atoms with van der Waals surface area (Å²) in [6.07, 6.45) is 4.62. The maximum atomic E-state index is 12.8. The molecule has 2 aliphatic heterocycles. The van der Waals surface area contributed by atoms with Crippen LogP contribution in [-0.4, -0.2) is 86.0 Å². The number of furan rings is 1. The van der Waals surface area contributed by atoms with E-state index < -0.39 is 0 Å². The van der Waals surface area contributed by atoms with E-state index in [0.717, 1.165) is 25.3 Å². The van der Waals surface area contributed by atoms with E-state index >= 15 is 0 Å². The molecule has 0 saturated carbocycles. The number of hydrogen-bond acceptors (Lipinski definition) is 7. The minimum absolute atomic E-state index is 0.0257. The summed E-state index contributed by atoms with van der Waals surface area (Å²) in [6.45, 7) is 5.10. The Morgan fingerprint density at radius 1 is 1.00 bits per heavy atom. The molecule has 2 aliphatic rings. The van der Waals surface area contributed by atoms with Gasteiger partial charge in [-0.3, -0.25) is 14.5 Å². The van der Waals surface area contributed by atoms with E-state index in [1.54, 1.807) is 26.6 Å². The molecule has 28 heavy (non-hydrogen) atoms. The van der Waals surface area contributed by atoms with Gasteiger partial charge in [0.1, 0.15) is 6.54 Å². The first-order valence-electron chi connectivity index (χ1n) is 9.78. The van der Waals surface area contributed by atoms with Crippen molar-refractivity contribution in [1.82, 2.24) is 34.9 Å². The van der Waals surface area contributed by atoms with Gasteiger partial charge in [0.05, 0.1) is 12.8 Å². The summed E-state index contributed by atoms with van der Waals surface area (Å²) >= 11 is 0. The number of rotatable bonds is 5. The van der Waals surface area contributed by atoms with Gasteiger partial charge in [0.15, 0.2) is 11.6 Å². The van der Waals surface area contributed by atoms with E-state index in [9.17, 15) is 9.59 Å². The molecule has 2 amide bonds. The first kappa shape index (κ1) is 18.6. The van der Waals surface area contributed by atoms with Crippen molar-refractivity contribution in [2.24, 2.45) is 0 Å². The SMILES string of the molecule is O=C(Cn1nnnc1CN1CCCC1)N1CCCN(C(=O)c2ccco2)CC1. The minimum atomic E-state index is -0.132. The van der Waals surface area contributed by atoms with Crippen molar-refractivity contribution in [1.29, 1.82) is 0 Å². The molecule has 0 unspecified atom stereocenters. The highest BCUT2D eigenvalue weighted by molar-refractivity contribution is 5.91. The van der Waals surface area contributed by atoms with Crippen molar-refractivity contribution < 1.29 is 14.0 Å². The van der Waals surface area contributed by atoms with Crippen LogP contribution in [-0.2, 0) is 17.9 Å². The lowest BCUT2D eigenvalue weighted by Gasteiger charge is -2.22. The summed E-state index contributed by atoms with van der Waals surface area (Å²) in [6, 6.07) is 3.36. The number of likely N-dealkylation sites (tertiary alicyclic amines) is 1. The lowest BCUT2D eigenvalue weighted by Crippen LogP contribution is -2.39. The van der Waals surface area contributed by atoms with E-state index in [4.69, 9.17) is 4.42 Å². The van der Waals surface area contributed by atoms with Crippen LogP contribution >= 0.6 is 0 Å². The number of tetrazole rings is 1. The monoisotopic (exact) mass is 387 g/mol. The average Bonchev–Trinajstić information content (AvgIpc) is 3.44. The summed E-state index contributed by atoms with van der Waals surface area (Å²) in [5.41, 5.74) is 0. The van der Waals surface area contributed by atoms with Gasteiger partial charge in [0.2, 0.25) is 5.91 Å². The van der Waals surface area contributed by atoms with Gasteiger partial charge in [-0.05, 0) is 54.9 Å². The highest BCUT2D eigenvalue weighted by atomic mass is 16.3. The Bertz CT molecular complexity index is 798. The fraction of sp³-hybridized carbons (Fsp3) is 0.611. The Hall–Kier alpha value is -2.75. The van der Waals surface area contributed by atoms with Crippen LogP contribution < -0.4 is 0 Å². The predicted octanol–water partition coefficient (Wildman–Crippen LogP) is 0.237. The van der Waals surface area contributed by atoms with Crippen molar-refractivity contribution in [3.8, 4) is 0 Å². The van der Waals surface area contributed by atoms with Gasteiger partial charge in [-0.25, -0.2) is 4.68 Å². The maximum absolute atomic E-state index is 12.8. The number of carbonyl (C=O) groups is 2. The third kappa shape index (κ3) is 4.22. The van der Waals surface area contributed by atoms with Crippen molar-refractivity contribution in [2.75, 3.05) is 39.3 Å². The highest BCUT2D eigenvalue weighted by Gasteiger charge is 2.25. The van der Waals surface area contributed by atoms with Gasteiger partial charge in [-0.1, -0.05) is 0 Å².